The monoisotopic (exact) mass is 195 g/mol. The van der Waals surface area contributed by atoms with Gasteiger partial charge >= 0.3 is 0 Å². The van der Waals surface area contributed by atoms with E-state index in [4.69, 9.17) is 4.74 Å². The third-order valence-electron chi connectivity index (χ3n) is 2.42. The number of morpholine rings is 1. The van der Waals surface area contributed by atoms with E-state index in [1.54, 1.807) is 0 Å². The van der Waals surface area contributed by atoms with Gasteiger partial charge in [-0.15, -0.1) is 0 Å². The predicted molar refractivity (Wildman–Crippen MR) is 54.1 cm³/mol. The molecule has 0 radical (unpaired) electrons. The number of hydrogen-bond donors (Lipinski definition) is 2. The SMILES string of the molecule is CCCc1cnc(C2COCCN2)[nH]1. The van der Waals surface area contributed by atoms with E-state index in [2.05, 4.69) is 22.2 Å². The summed E-state index contributed by atoms with van der Waals surface area (Å²) < 4.78 is 5.38. The maximum absolute atomic E-state index is 5.38. The number of hydrogen-bond acceptors (Lipinski definition) is 3. The highest BCUT2D eigenvalue weighted by Gasteiger charge is 2.17. The van der Waals surface area contributed by atoms with Crippen molar-refractivity contribution in [1.29, 1.82) is 0 Å². The highest BCUT2D eigenvalue weighted by Crippen LogP contribution is 2.12. The number of aromatic nitrogens is 2. The van der Waals surface area contributed by atoms with Crippen LogP contribution in [-0.2, 0) is 11.2 Å². The topological polar surface area (TPSA) is 49.9 Å². The Morgan fingerprint density at radius 2 is 2.57 bits per heavy atom. The molecule has 1 fully saturated rings. The second-order valence-corrected chi connectivity index (χ2v) is 3.63. The zero-order valence-electron chi connectivity index (χ0n) is 8.55. The van der Waals surface area contributed by atoms with E-state index in [-0.39, 0.29) is 6.04 Å². The predicted octanol–water partition coefficient (Wildman–Crippen LogP) is 1.02. The highest BCUT2D eigenvalue weighted by atomic mass is 16.5. The van der Waals surface area contributed by atoms with E-state index in [0.717, 1.165) is 38.4 Å². The summed E-state index contributed by atoms with van der Waals surface area (Å²) in [6, 6.07) is 0.245. The van der Waals surface area contributed by atoms with E-state index in [1.165, 1.54) is 5.69 Å². The lowest BCUT2D eigenvalue weighted by atomic mass is 10.2. The Kier molecular flexibility index (Phi) is 3.16. The molecule has 0 spiro atoms. The molecule has 0 aliphatic carbocycles. The quantitative estimate of drug-likeness (QED) is 0.757. The van der Waals surface area contributed by atoms with Gasteiger partial charge in [0.05, 0.1) is 19.3 Å². The molecule has 0 aromatic carbocycles. The molecule has 1 atom stereocenters. The van der Waals surface area contributed by atoms with Gasteiger partial charge in [0.25, 0.3) is 0 Å². The summed E-state index contributed by atoms with van der Waals surface area (Å²) in [7, 11) is 0. The van der Waals surface area contributed by atoms with Gasteiger partial charge in [-0.05, 0) is 6.42 Å². The maximum Gasteiger partial charge on any atom is 0.125 e. The lowest BCUT2D eigenvalue weighted by Crippen LogP contribution is -2.35. The van der Waals surface area contributed by atoms with E-state index in [0.29, 0.717) is 0 Å². The molecule has 2 N–H and O–H groups in total. The van der Waals surface area contributed by atoms with Gasteiger partial charge in [-0.2, -0.15) is 0 Å². The van der Waals surface area contributed by atoms with Crippen LogP contribution in [0.5, 0.6) is 0 Å². The zero-order valence-corrected chi connectivity index (χ0v) is 8.55. The first-order valence-corrected chi connectivity index (χ1v) is 5.25. The standard InChI is InChI=1S/C10H17N3O/c1-2-3-8-6-12-10(13-8)9-7-14-5-4-11-9/h6,9,11H,2-5,7H2,1H3,(H,12,13). The number of aryl methyl sites for hydroxylation is 1. The Balaban J connectivity index is 2.00. The molecular formula is C10H17N3O. The van der Waals surface area contributed by atoms with Crippen LogP contribution in [0, 0.1) is 0 Å². The first kappa shape index (κ1) is 9.68. The molecule has 1 unspecified atom stereocenters. The third kappa shape index (κ3) is 2.13. The van der Waals surface area contributed by atoms with Crippen molar-refractivity contribution < 1.29 is 4.74 Å². The number of rotatable bonds is 3. The minimum absolute atomic E-state index is 0.245. The van der Waals surface area contributed by atoms with Gasteiger partial charge in [0.15, 0.2) is 0 Å². The highest BCUT2D eigenvalue weighted by molar-refractivity contribution is 5.05. The van der Waals surface area contributed by atoms with E-state index in [1.807, 2.05) is 6.20 Å². The number of aromatic amines is 1. The fourth-order valence-corrected chi connectivity index (χ4v) is 1.69. The Hall–Kier alpha value is -0.870. The van der Waals surface area contributed by atoms with Gasteiger partial charge in [0.2, 0.25) is 0 Å². The molecule has 2 heterocycles. The van der Waals surface area contributed by atoms with Crippen LogP contribution in [0.3, 0.4) is 0 Å². The fourth-order valence-electron chi connectivity index (χ4n) is 1.69. The molecule has 0 bridgehead atoms. The van der Waals surface area contributed by atoms with Crippen molar-refractivity contribution in [2.45, 2.75) is 25.8 Å². The molecule has 0 amide bonds. The molecule has 4 nitrogen and oxygen atoms in total. The van der Waals surface area contributed by atoms with Gasteiger partial charge in [-0.3, -0.25) is 0 Å². The van der Waals surface area contributed by atoms with Crippen molar-refractivity contribution in [1.82, 2.24) is 15.3 Å². The average Bonchev–Trinajstić information content (AvgIpc) is 2.68. The minimum atomic E-state index is 0.245. The molecule has 0 saturated carbocycles. The Morgan fingerprint density at radius 3 is 3.29 bits per heavy atom. The molecule has 4 heteroatoms. The summed E-state index contributed by atoms with van der Waals surface area (Å²) in [4.78, 5) is 7.69. The Morgan fingerprint density at radius 1 is 1.64 bits per heavy atom. The Bertz CT molecular complexity index is 279. The van der Waals surface area contributed by atoms with Crippen LogP contribution in [0.1, 0.15) is 30.9 Å². The maximum atomic E-state index is 5.38. The van der Waals surface area contributed by atoms with Crippen molar-refractivity contribution in [3.05, 3.63) is 17.7 Å². The molecule has 1 aliphatic rings. The number of ether oxygens (including phenoxy) is 1. The molecule has 1 aromatic heterocycles. The van der Waals surface area contributed by atoms with Crippen LogP contribution >= 0.6 is 0 Å². The first-order chi connectivity index (χ1) is 6.90. The first-order valence-electron chi connectivity index (χ1n) is 5.25. The van der Waals surface area contributed by atoms with Gasteiger partial charge < -0.3 is 15.0 Å². The molecule has 1 saturated heterocycles. The van der Waals surface area contributed by atoms with E-state index < -0.39 is 0 Å². The summed E-state index contributed by atoms with van der Waals surface area (Å²) >= 11 is 0. The lowest BCUT2D eigenvalue weighted by molar-refractivity contribution is 0.0744. The van der Waals surface area contributed by atoms with Crippen LogP contribution in [0.2, 0.25) is 0 Å². The van der Waals surface area contributed by atoms with Gasteiger partial charge in [0.1, 0.15) is 5.82 Å². The van der Waals surface area contributed by atoms with Crippen LogP contribution in [-0.4, -0.2) is 29.7 Å². The Labute approximate surface area is 84.1 Å². The largest absolute Gasteiger partial charge is 0.378 e. The van der Waals surface area contributed by atoms with Crippen molar-refractivity contribution in [2.24, 2.45) is 0 Å². The summed E-state index contributed by atoms with van der Waals surface area (Å²) in [5.41, 5.74) is 1.22. The molecule has 78 valence electrons. The van der Waals surface area contributed by atoms with Crippen molar-refractivity contribution in [3.63, 3.8) is 0 Å². The summed E-state index contributed by atoms with van der Waals surface area (Å²) in [5, 5.41) is 3.37. The number of H-pyrrole nitrogens is 1. The third-order valence-corrected chi connectivity index (χ3v) is 2.42. The van der Waals surface area contributed by atoms with Gasteiger partial charge in [0, 0.05) is 18.4 Å². The molecule has 2 rings (SSSR count). The number of imidazole rings is 1. The molecular weight excluding hydrogens is 178 g/mol. The molecule has 1 aromatic rings. The zero-order chi connectivity index (χ0) is 9.80. The molecule has 14 heavy (non-hydrogen) atoms. The lowest BCUT2D eigenvalue weighted by Gasteiger charge is -2.21. The van der Waals surface area contributed by atoms with E-state index in [9.17, 15) is 0 Å². The second kappa shape index (κ2) is 4.57. The van der Waals surface area contributed by atoms with Crippen LogP contribution in [0.4, 0.5) is 0 Å². The van der Waals surface area contributed by atoms with Crippen molar-refractivity contribution >= 4 is 0 Å². The van der Waals surface area contributed by atoms with Gasteiger partial charge in [-0.25, -0.2) is 4.98 Å². The van der Waals surface area contributed by atoms with Gasteiger partial charge in [-0.1, -0.05) is 13.3 Å². The number of nitrogens with zero attached hydrogens (tertiary/aromatic N) is 1. The van der Waals surface area contributed by atoms with Crippen LogP contribution in [0.15, 0.2) is 6.20 Å². The summed E-state index contributed by atoms with van der Waals surface area (Å²) in [6.07, 6.45) is 4.14. The summed E-state index contributed by atoms with van der Waals surface area (Å²) in [6.45, 7) is 4.61. The fraction of sp³-hybridized carbons (Fsp3) is 0.700. The van der Waals surface area contributed by atoms with E-state index >= 15 is 0 Å². The minimum Gasteiger partial charge on any atom is -0.378 e. The van der Waals surface area contributed by atoms with Crippen LogP contribution in [0.25, 0.3) is 0 Å². The van der Waals surface area contributed by atoms with Crippen LogP contribution < -0.4 is 5.32 Å². The van der Waals surface area contributed by atoms with Crippen molar-refractivity contribution in [3.8, 4) is 0 Å². The smallest absolute Gasteiger partial charge is 0.125 e. The normalized spacial score (nSPS) is 22.5. The second-order valence-electron chi connectivity index (χ2n) is 3.63. The average molecular weight is 195 g/mol. The summed E-state index contributed by atoms with van der Waals surface area (Å²) in [5.74, 6) is 1.01. The van der Waals surface area contributed by atoms with Crippen molar-refractivity contribution in [2.75, 3.05) is 19.8 Å². The molecule has 1 aliphatic heterocycles. The number of nitrogens with one attached hydrogen (secondary N) is 2.